The summed E-state index contributed by atoms with van der Waals surface area (Å²) >= 11 is 6.03. The van der Waals surface area contributed by atoms with Crippen LogP contribution in [0.4, 0.5) is 10.1 Å². The highest BCUT2D eigenvalue weighted by Crippen LogP contribution is 2.22. The minimum absolute atomic E-state index is 0.142. The Morgan fingerprint density at radius 1 is 1.18 bits per heavy atom. The molecule has 4 aromatic rings. The first-order chi connectivity index (χ1) is 13.6. The summed E-state index contributed by atoms with van der Waals surface area (Å²) in [7, 11) is 0. The van der Waals surface area contributed by atoms with Crippen LogP contribution in [-0.4, -0.2) is 20.8 Å². The number of aromatic nitrogens is 3. The van der Waals surface area contributed by atoms with Crippen LogP contribution >= 0.6 is 11.6 Å². The van der Waals surface area contributed by atoms with Gasteiger partial charge in [-0.25, -0.2) is 4.39 Å². The first kappa shape index (κ1) is 17.9. The number of carbonyl (C=O) groups excluding carboxylic acids is 1. The third kappa shape index (κ3) is 3.79. The van der Waals surface area contributed by atoms with E-state index >= 15 is 0 Å². The average Bonchev–Trinajstić information content (AvgIpc) is 3.35. The Hall–Kier alpha value is -3.45. The molecule has 0 aliphatic carbocycles. The second kappa shape index (κ2) is 7.66. The number of halogens is 2. The number of benzene rings is 2. The van der Waals surface area contributed by atoms with Gasteiger partial charge in [0.15, 0.2) is 11.5 Å². The normalized spacial score (nSPS) is 10.8. The van der Waals surface area contributed by atoms with E-state index in [4.69, 9.17) is 16.1 Å². The molecule has 0 bridgehead atoms. The zero-order chi connectivity index (χ0) is 19.5. The lowest BCUT2D eigenvalue weighted by Gasteiger charge is -2.05. The molecule has 0 spiro atoms. The van der Waals surface area contributed by atoms with Gasteiger partial charge in [0.05, 0.1) is 18.4 Å². The highest BCUT2D eigenvalue weighted by Gasteiger charge is 2.15. The van der Waals surface area contributed by atoms with Crippen LogP contribution in [0.25, 0.3) is 11.3 Å². The van der Waals surface area contributed by atoms with Crippen molar-refractivity contribution in [1.82, 2.24) is 14.9 Å². The van der Waals surface area contributed by atoms with Crippen molar-refractivity contribution in [3.05, 3.63) is 89.1 Å². The highest BCUT2D eigenvalue weighted by atomic mass is 35.5. The molecule has 1 amide bonds. The maximum atomic E-state index is 13.9. The van der Waals surface area contributed by atoms with E-state index in [1.54, 1.807) is 18.3 Å². The largest absolute Gasteiger partial charge is 0.355 e. The minimum Gasteiger partial charge on any atom is -0.355 e. The predicted molar refractivity (Wildman–Crippen MR) is 103 cm³/mol. The number of hydrogen-bond acceptors (Lipinski definition) is 4. The van der Waals surface area contributed by atoms with E-state index in [0.717, 1.165) is 5.56 Å². The summed E-state index contributed by atoms with van der Waals surface area (Å²) in [5.74, 6) is -0.352. The smallest absolute Gasteiger partial charge is 0.277 e. The molecule has 140 valence electrons. The van der Waals surface area contributed by atoms with E-state index in [-0.39, 0.29) is 12.2 Å². The summed E-state index contributed by atoms with van der Waals surface area (Å²) in [6.45, 7) is 0.142. The fraction of sp³-hybridized carbons (Fsp3) is 0.0500. The van der Waals surface area contributed by atoms with Gasteiger partial charge < -0.3 is 9.84 Å². The van der Waals surface area contributed by atoms with Crippen LogP contribution < -0.4 is 5.32 Å². The number of nitrogens with one attached hydrogen (secondary N) is 1. The van der Waals surface area contributed by atoms with Crippen molar-refractivity contribution in [2.45, 2.75) is 6.54 Å². The summed E-state index contributed by atoms with van der Waals surface area (Å²) in [4.78, 5) is 12.4. The molecule has 0 aliphatic rings. The molecule has 2 aromatic heterocycles. The van der Waals surface area contributed by atoms with Gasteiger partial charge in [-0.15, -0.1) is 0 Å². The number of nitrogens with zero attached hydrogens (tertiary/aromatic N) is 3. The summed E-state index contributed by atoms with van der Waals surface area (Å²) in [5.41, 5.74) is 1.74. The molecule has 2 heterocycles. The monoisotopic (exact) mass is 396 g/mol. The molecule has 8 heteroatoms. The Bertz CT molecular complexity index is 1100. The third-order valence-electron chi connectivity index (χ3n) is 4.07. The van der Waals surface area contributed by atoms with E-state index < -0.39 is 11.7 Å². The van der Waals surface area contributed by atoms with Crippen molar-refractivity contribution < 1.29 is 13.7 Å². The van der Waals surface area contributed by atoms with Gasteiger partial charge in [0.25, 0.3) is 5.91 Å². The molecule has 1 N–H and O–H groups in total. The second-order valence-corrected chi connectivity index (χ2v) is 6.43. The fourth-order valence-corrected chi connectivity index (χ4v) is 2.90. The van der Waals surface area contributed by atoms with Crippen molar-refractivity contribution >= 4 is 23.2 Å². The molecule has 2 aromatic carbocycles. The molecular weight excluding hydrogens is 383 g/mol. The van der Waals surface area contributed by atoms with Crippen molar-refractivity contribution in [3.63, 3.8) is 0 Å². The summed E-state index contributed by atoms with van der Waals surface area (Å²) in [6.07, 6.45) is 3.05. The van der Waals surface area contributed by atoms with Crippen LogP contribution in [0, 0.1) is 5.82 Å². The Morgan fingerprint density at radius 3 is 2.79 bits per heavy atom. The lowest BCUT2D eigenvalue weighted by Crippen LogP contribution is -2.11. The Labute approximate surface area is 164 Å². The van der Waals surface area contributed by atoms with E-state index in [1.807, 2.05) is 30.3 Å². The molecule has 0 saturated carbocycles. The third-order valence-corrected chi connectivity index (χ3v) is 4.43. The molecule has 0 aliphatic heterocycles. The quantitative estimate of drug-likeness (QED) is 0.533. The van der Waals surface area contributed by atoms with Gasteiger partial charge in [0.1, 0.15) is 5.82 Å². The molecular formula is C20H14ClFN4O2. The number of amides is 1. The van der Waals surface area contributed by atoms with Crippen LogP contribution in [-0.2, 0) is 6.54 Å². The lowest BCUT2D eigenvalue weighted by atomic mass is 10.1. The van der Waals surface area contributed by atoms with Crippen molar-refractivity contribution in [2.75, 3.05) is 5.32 Å². The predicted octanol–water partition coefficient (Wildman–Crippen LogP) is 4.63. The molecule has 0 saturated heterocycles. The first-order valence-corrected chi connectivity index (χ1v) is 8.77. The van der Waals surface area contributed by atoms with Gasteiger partial charge in [0.2, 0.25) is 0 Å². The van der Waals surface area contributed by atoms with Crippen molar-refractivity contribution in [1.29, 1.82) is 0 Å². The van der Waals surface area contributed by atoms with Gasteiger partial charge in [-0.1, -0.05) is 53.2 Å². The van der Waals surface area contributed by atoms with Gasteiger partial charge in [-0.05, 0) is 12.1 Å². The van der Waals surface area contributed by atoms with Gasteiger partial charge in [-0.2, -0.15) is 5.10 Å². The zero-order valence-electron chi connectivity index (χ0n) is 14.5. The topological polar surface area (TPSA) is 73.0 Å². The zero-order valence-corrected chi connectivity index (χ0v) is 15.2. The van der Waals surface area contributed by atoms with E-state index in [0.29, 0.717) is 22.0 Å². The molecule has 28 heavy (non-hydrogen) atoms. The molecule has 6 nitrogen and oxygen atoms in total. The molecule has 0 fully saturated rings. The maximum Gasteiger partial charge on any atom is 0.277 e. The maximum absolute atomic E-state index is 13.9. The van der Waals surface area contributed by atoms with Crippen LogP contribution in [0.3, 0.4) is 0 Å². The van der Waals surface area contributed by atoms with Crippen molar-refractivity contribution in [3.8, 4) is 11.3 Å². The minimum atomic E-state index is -0.436. The number of carbonyl (C=O) groups is 1. The summed E-state index contributed by atoms with van der Waals surface area (Å²) in [6, 6.07) is 15.4. The number of anilines is 1. The van der Waals surface area contributed by atoms with Crippen LogP contribution in [0.5, 0.6) is 0 Å². The molecule has 0 radical (unpaired) electrons. The molecule has 0 unspecified atom stereocenters. The Balaban J connectivity index is 1.45. The standard InChI is InChI=1S/C20H14ClFN4O2/c21-16-7-4-8-17(22)15(16)12-26-11-14(10-23-26)24-20(27)18-9-19(28-25-18)13-5-2-1-3-6-13/h1-11H,12H2,(H,24,27). The Morgan fingerprint density at radius 2 is 2.00 bits per heavy atom. The molecule has 0 atom stereocenters. The van der Waals surface area contributed by atoms with E-state index in [9.17, 15) is 9.18 Å². The van der Waals surface area contributed by atoms with E-state index in [1.165, 1.54) is 23.0 Å². The average molecular weight is 397 g/mol. The van der Waals surface area contributed by atoms with Crippen LogP contribution in [0.2, 0.25) is 5.02 Å². The number of rotatable bonds is 5. The van der Waals surface area contributed by atoms with Gasteiger partial charge in [-0.3, -0.25) is 9.48 Å². The van der Waals surface area contributed by atoms with Crippen molar-refractivity contribution in [2.24, 2.45) is 0 Å². The summed E-state index contributed by atoms with van der Waals surface area (Å²) < 4.78 is 20.6. The summed E-state index contributed by atoms with van der Waals surface area (Å²) in [5, 5.41) is 10.9. The lowest BCUT2D eigenvalue weighted by molar-refractivity contribution is 0.101. The molecule has 4 rings (SSSR count). The van der Waals surface area contributed by atoms with Crippen LogP contribution in [0.1, 0.15) is 16.1 Å². The first-order valence-electron chi connectivity index (χ1n) is 8.39. The number of hydrogen-bond donors (Lipinski definition) is 1. The highest BCUT2D eigenvalue weighted by molar-refractivity contribution is 6.31. The fourth-order valence-electron chi connectivity index (χ4n) is 2.68. The van der Waals surface area contributed by atoms with Gasteiger partial charge in [0, 0.05) is 28.4 Å². The second-order valence-electron chi connectivity index (χ2n) is 6.02. The Kier molecular flexibility index (Phi) is 4.90. The van der Waals surface area contributed by atoms with E-state index in [2.05, 4.69) is 15.6 Å². The SMILES string of the molecule is O=C(Nc1cnn(Cc2c(F)cccc2Cl)c1)c1cc(-c2ccccc2)on1. The van der Waals surface area contributed by atoms with Crippen LogP contribution in [0.15, 0.2) is 71.5 Å². The van der Waals surface area contributed by atoms with Gasteiger partial charge >= 0.3 is 0 Å².